The number of benzene rings is 1. The molecule has 2 aromatic rings. The van der Waals surface area contributed by atoms with Crippen molar-refractivity contribution in [1.82, 2.24) is 0 Å². The first-order valence-electron chi connectivity index (χ1n) is 9.40. The molecule has 1 aliphatic carbocycles. The van der Waals surface area contributed by atoms with Gasteiger partial charge in [0.05, 0.1) is 8.80 Å². The van der Waals surface area contributed by atoms with Crippen LogP contribution in [0.5, 0.6) is 0 Å². The van der Waals surface area contributed by atoms with E-state index >= 15 is 0 Å². The number of aryl methyl sites for hydroxylation is 2. The number of rotatable bonds is 3. The molecule has 0 aromatic heterocycles. The van der Waals surface area contributed by atoms with Gasteiger partial charge in [0.2, 0.25) is 0 Å². The molecule has 0 aliphatic heterocycles. The van der Waals surface area contributed by atoms with Crippen LogP contribution in [-0.2, 0) is 21.7 Å². The Morgan fingerprint density at radius 1 is 0.793 bits per heavy atom. The molecule has 0 amide bonds. The van der Waals surface area contributed by atoms with E-state index in [-0.39, 0.29) is 49.0 Å². The van der Waals surface area contributed by atoms with Crippen molar-refractivity contribution < 1.29 is 21.7 Å². The van der Waals surface area contributed by atoms with Gasteiger partial charge < -0.3 is 22.3 Å². The van der Waals surface area contributed by atoms with E-state index in [4.69, 9.17) is 0 Å². The summed E-state index contributed by atoms with van der Waals surface area (Å²) in [5.74, 6) is 0. The molecule has 0 nitrogen and oxygen atoms in total. The van der Waals surface area contributed by atoms with Crippen LogP contribution in [-0.4, -0.2) is 8.80 Å². The zero-order chi connectivity index (χ0) is 18.4. The number of hydrogen-bond acceptors (Lipinski definition) is 0. The van der Waals surface area contributed by atoms with Crippen molar-refractivity contribution in [3.05, 3.63) is 98.2 Å². The second-order valence-electron chi connectivity index (χ2n) is 8.26. The Hall–Kier alpha value is -1.02. The monoisotopic (exact) mass is 440 g/mol. The predicted molar refractivity (Wildman–Crippen MR) is 134 cm³/mol. The largest absolute Gasteiger partial charge is 4.00 e. The van der Waals surface area contributed by atoms with E-state index in [1.54, 1.807) is 10.4 Å². The first-order chi connectivity index (χ1) is 11.7. The van der Waals surface area contributed by atoms with Crippen LogP contribution in [0, 0.1) is 63.8 Å². The summed E-state index contributed by atoms with van der Waals surface area (Å²) in [5, 5.41) is 3.52. The van der Waals surface area contributed by atoms with Gasteiger partial charge in [0.1, 0.15) is 0 Å². The first-order valence-corrected chi connectivity index (χ1v) is 11.1. The summed E-state index contributed by atoms with van der Waals surface area (Å²) in [6.07, 6.45) is 10.5. The van der Waals surface area contributed by atoms with Crippen molar-refractivity contribution in [1.29, 1.82) is 0 Å². The molecule has 2 heteroatoms. The van der Waals surface area contributed by atoms with Gasteiger partial charge in [-0.15, -0.1) is 0 Å². The summed E-state index contributed by atoms with van der Waals surface area (Å²) in [6, 6.07) is 7.21. The van der Waals surface area contributed by atoms with Crippen LogP contribution >= 0.6 is 0 Å². The molecule has 156 valence electrons. The summed E-state index contributed by atoms with van der Waals surface area (Å²) >= 11 is 0. The van der Waals surface area contributed by atoms with E-state index in [1.165, 1.54) is 33.4 Å². The maximum Gasteiger partial charge on any atom is 4.00 e. The average molecular weight is 441 g/mol. The topological polar surface area (TPSA) is 0 Å². The molecule has 0 radical (unpaired) electrons. The van der Waals surface area contributed by atoms with Crippen LogP contribution in [0.4, 0.5) is 0 Å². The van der Waals surface area contributed by atoms with Crippen molar-refractivity contribution in [2.45, 2.75) is 59.9 Å². The molecule has 0 bridgehead atoms. The third kappa shape index (κ3) is 5.57. The van der Waals surface area contributed by atoms with Gasteiger partial charge in [-0.05, 0) is 25.3 Å². The molecule has 2 unspecified atom stereocenters. The Bertz CT molecular complexity index is 823. The second-order valence-corrected chi connectivity index (χ2v) is 11.7. The molecule has 0 saturated carbocycles. The summed E-state index contributed by atoms with van der Waals surface area (Å²) in [7, 11) is -1.43. The van der Waals surface area contributed by atoms with E-state index in [1.807, 2.05) is 0 Å². The van der Waals surface area contributed by atoms with Crippen molar-refractivity contribution in [3.63, 3.8) is 0 Å². The quantitative estimate of drug-likeness (QED) is 0.393. The molecular formula is C27H40SiTi. The van der Waals surface area contributed by atoms with Crippen LogP contribution < -0.4 is 10.4 Å². The van der Waals surface area contributed by atoms with E-state index in [0.29, 0.717) is 0 Å². The maximum absolute atomic E-state index is 2.48. The molecule has 2 aromatic carbocycles. The fraction of sp³-hybridized carbons (Fsp3) is 0.333. The van der Waals surface area contributed by atoms with Crippen LogP contribution in [0.2, 0.25) is 5.04 Å². The number of allylic oxidation sites excluding steroid dienone is 4. The molecule has 2 atom stereocenters. The van der Waals surface area contributed by atoms with Crippen LogP contribution in [0.25, 0.3) is 0 Å². The fourth-order valence-corrected chi connectivity index (χ4v) is 9.28. The van der Waals surface area contributed by atoms with E-state index in [0.717, 1.165) is 6.42 Å². The molecule has 0 heterocycles. The van der Waals surface area contributed by atoms with E-state index in [2.05, 4.69) is 91.0 Å². The Kier molecular flexibility index (Phi) is 11.9. The minimum absolute atomic E-state index is 0. The van der Waals surface area contributed by atoms with Gasteiger partial charge in [0.15, 0.2) is 0 Å². The minimum Gasteiger partial charge on any atom is -0.358 e. The Labute approximate surface area is 198 Å². The van der Waals surface area contributed by atoms with Gasteiger partial charge in [-0.1, -0.05) is 93.4 Å². The van der Waals surface area contributed by atoms with Crippen molar-refractivity contribution in [3.8, 4) is 0 Å². The average Bonchev–Trinajstić information content (AvgIpc) is 2.73. The Balaban J connectivity index is 0. The zero-order valence-corrected chi connectivity index (χ0v) is 23.0. The normalized spacial score (nSPS) is 18.0. The molecule has 3 rings (SSSR count). The molecule has 0 spiro atoms. The van der Waals surface area contributed by atoms with Crippen LogP contribution in [0.1, 0.15) is 46.7 Å². The van der Waals surface area contributed by atoms with Gasteiger partial charge in [0.25, 0.3) is 0 Å². The Morgan fingerprint density at radius 3 is 1.69 bits per heavy atom. The zero-order valence-electron chi connectivity index (χ0n) is 20.3. The summed E-state index contributed by atoms with van der Waals surface area (Å²) in [6.45, 7) is 16.3. The molecular weight excluding hydrogens is 400 g/mol. The Morgan fingerprint density at radius 2 is 1.28 bits per heavy atom. The van der Waals surface area contributed by atoms with Crippen LogP contribution in [0.3, 0.4) is 0 Å². The fourth-order valence-electron chi connectivity index (χ4n) is 4.69. The predicted octanol–water partition coefficient (Wildman–Crippen LogP) is 6.22. The third-order valence-corrected chi connectivity index (χ3v) is 10.5. The van der Waals surface area contributed by atoms with E-state index in [9.17, 15) is 0 Å². The van der Waals surface area contributed by atoms with Crippen molar-refractivity contribution in [2.24, 2.45) is 0 Å². The van der Waals surface area contributed by atoms with Gasteiger partial charge in [-0.2, -0.15) is 27.4 Å². The van der Waals surface area contributed by atoms with Crippen LogP contribution in [0.15, 0.2) is 42.5 Å². The molecule has 0 saturated heterocycles. The van der Waals surface area contributed by atoms with Crippen molar-refractivity contribution in [2.75, 3.05) is 0 Å². The SMILES string of the molecule is Cc1cc(C)cc([SiH]([c-]2c(C)c(C)c(C)c2C)C2(C)C=CC=CC2)c1.[CH3-].[CH3-].[CH3-].[Ti+4]. The van der Waals surface area contributed by atoms with E-state index < -0.39 is 8.80 Å². The van der Waals surface area contributed by atoms with Gasteiger partial charge in [-0.3, -0.25) is 0 Å². The summed E-state index contributed by atoms with van der Waals surface area (Å²) in [4.78, 5) is 0. The molecule has 29 heavy (non-hydrogen) atoms. The van der Waals surface area contributed by atoms with Gasteiger partial charge in [0, 0.05) is 0 Å². The second kappa shape index (κ2) is 11.4. The number of hydrogen-bond donors (Lipinski definition) is 0. The molecule has 0 fully saturated rings. The first kappa shape index (κ1) is 30.2. The molecule has 0 N–H and O–H groups in total. The molecule has 1 aliphatic rings. The van der Waals surface area contributed by atoms with Gasteiger partial charge in [-0.25, -0.2) is 0 Å². The smallest absolute Gasteiger partial charge is 0.358 e. The van der Waals surface area contributed by atoms with Crippen molar-refractivity contribution >= 4 is 19.2 Å². The van der Waals surface area contributed by atoms with Gasteiger partial charge >= 0.3 is 21.7 Å². The summed E-state index contributed by atoms with van der Waals surface area (Å²) < 4.78 is 0. The standard InChI is InChI=1S/C24H31Si.3CH3.Ti/c1-16-13-17(2)15-22(14-16)25(24(7)11-9-8-10-12-24)23-20(5)18(3)19(4)21(23)6;;;;/h8-11,13-15,25H,12H2,1-7H3;3*1H3;/q4*-1;+4. The summed E-state index contributed by atoms with van der Waals surface area (Å²) in [5.41, 5.74) is 8.84. The maximum atomic E-state index is 2.48. The minimum atomic E-state index is -1.43. The third-order valence-electron chi connectivity index (χ3n) is 6.30.